The largest absolute Gasteiger partial charge is 0.469 e. The molecule has 2 aromatic heterocycles. The molecule has 0 aliphatic rings. The van der Waals surface area contributed by atoms with Gasteiger partial charge in [0.15, 0.2) is 0 Å². The molecule has 0 saturated heterocycles. The van der Waals surface area contributed by atoms with Crippen LogP contribution in [0.3, 0.4) is 0 Å². The van der Waals surface area contributed by atoms with E-state index in [1.165, 1.54) is 0 Å². The second-order valence-corrected chi connectivity index (χ2v) is 4.55. The number of H-pyrrole nitrogens is 1. The molecule has 1 amide bonds. The molecular formula is C15H18N2O4. The molecular weight excluding hydrogens is 272 g/mol. The van der Waals surface area contributed by atoms with Crippen LogP contribution in [0.1, 0.15) is 35.2 Å². The summed E-state index contributed by atoms with van der Waals surface area (Å²) in [5.74, 6) is 0.120. The molecule has 21 heavy (non-hydrogen) atoms. The number of aromatic amines is 1. The third-order valence-corrected chi connectivity index (χ3v) is 3.01. The molecule has 0 radical (unpaired) electrons. The van der Waals surface area contributed by atoms with Gasteiger partial charge in [0.2, 0.25) is 5.91 Å². The van der Waals surface area contributed by atoms with E-state index in [-0.39, 0.29) is 18.9 Å². The molecule has 0 unspecified atom stereocenters. The number of carbonyl (C=O) groups excluding carboxylic acids is 2. The van der Waals surface area contributed by atoms with Crippen LogP contribution in [-0.4, -0.2) is 23.5 Å². The number of esters is 1. The topological polar surface area (TPSA) is 84.3 Å². The number of anilines is 1. The SMILES string of the molecule is CCOC(=O)c1c(NC(=O)CCc2ccco2)c[nH]c1C. The highest BCUT2D eigenvalue weighted by Gasteiger charge is 2.19. The molecule has 2 heterocycles. The summed E-state index contributed by atoms with van der Waals surface area (Å²) in [7, 11) is 0. The maximum atomic E-state index is 11.9. The molecule has 2 N–H and O–H groups in total. The van der Waals surface area contributed by atoms with Gasteiger partial charge in [0.25, 0.3) is 0 Å². The maximum absolute atomic E-state index is 11.9. The van der Waals surface area contributed by atoms with Gasteiger partial charge >= 0.3 is 5.97 Å². The zero-order valence-corrected chi connectivity index (χ0v) is 12.1. The lowest BCUT2D eigenvalue weighted by Gasteiger charge is -2.06. The Morgan fingerprint density at radius 2 is 2.24 bits per heavy atom. The van der Waals surface area contributed by atoms with Crippen molar-refractivity contribution in [3.63, 3.8) is 0 Å². The number of hydrogen-bond acceptors (Lipinski definition) is 4. The Hall–Kier alpha value is -2.50. The van der Waals surface area contributed by atoms with Gasteiger partial charge in [-0.05, 0) is 26.0 Å². The number of furan rings is 1. The summed E-state index contributed by atoms with van der Waals surface area (Å²) in [4.78, 5) is 26.7. The average Bonchev–Trinajstić information content (AvgIpc) is 3.07. The van der Waals surface area contributed by atoms with Crippen LogP contribution in [0.4, 0.5) is 5.69 Å². The molecule has 6 nitrogen and oxygen atoms in total. The van der Waals surface area contributed by atoms with Crippen LogP contribution in [0.25, 0.3) is 0 Å². The van der Waals surface area contributed by atoms with Crippen LogP contribution >= 0.6 is 0 Å². The molecule has 0 atom stereocenters. The molecule has 0 fully saturated rings. The van der Waals surface area contributed by atoms with E-state index in [9.17, 15) is 9.59 Å². The van der Waals surface area contributed by atoms with Crippen molar-refractivity contribution in [3.8, 4) is 0 Å². The van der Waals surface area contributed by atoms with Gasteiger partial charge in [-0.25, -0.2) is 4.79 Å². The fourth-order valence-electron chi connectivity index (χ4n) is 2.00. The number of rotatable bonds is 6. The van der Waals surface area contributed by atoms with E-state index < -0.39 is 5.97 Å². The fraction of sp³-hybridized carbons (Fsp3) is 0.333. The van der Waals surface area contributed by atoms with Crippen molar-refractivity contribution in [2.75, 3.05) is 11.9 Å². The average molecular weight is 290 g/mol. The number of carbonyl (C=O) groups is 2. The van der Waals surface area contributed by atoms with E-state index >= 15 is 0 Å². The molecule has 0 bridgehead atoms. The fourth-order valence-corrected chi connectivity index (χ4v) is 2.00. The number of hydrogen-bond donors (Lipinski definition) is 2. The highest BCUT2D eigenvalue weighted by atomic mass is 16.5. The first-order valence-corrected chi connectivity index (χ1v) is 6.79. The van der Waals surface area contributed by atoms with Gasteiger partial charge in [0.05, 0.1) is 18.6 Å². The van der Waals surface area contributed by atoms with E-state index in [2.05, 4.69) is 10.3 Å². The monoisotopic (exact) mass is 290 g/mol. The molecule has 0 spiro atoms. The lowest BCUT2D eigenvalue weighted by molar-refractivity contribution is -0.116. The summed E-state index contributed by atoms with van der Waals surface area (Å²) in [6.45, 7) is 3.78. The summed E-state index contributed by atoms with van der Waals surface area (Å²) in [5.41, 5.74) is 1.47. The maximum Gasteiger partial charge on any atom is 0.342 e. The summed E-state index contributed by atoms with van der Waals surface area (Å²) in [6, 6.07) is 3.60. The van der Waals surface area contributed by atoms with Crippen LogP contribution in [0.15, 0.2) is 29.0 Å². The van der Waals surface area contributed by atoms with Crippen LogP contribution in [0, 0.1) is 6.92 Å². The number of ether oxygens (including phenoxy) is 1. The van der Waals surface area contributed by atoms with Crippen molar-refractivity contribution in [1.29, 1.82) is 0 Å². The van der Waals surface area contributed by atoms with Crippen LogP contribution in [0.5, 0.6) is 0 Å². The molecule has 0 aliphatic carbocycles. The highest BCUT2D eigenvalue weighted by Crippen LogP contribution is 2.20. The van der Waals surface area contributed by atoms with Crippen LogP contribution in [-0.2, 0) is 16.0 Å². The lowest BCUT2D eigenvalue weighted by atomic mass is 10.2. The summed E-state index contributed by atoms with van der Waals surface area (Å²) in [6.07, 6.45) is 3.95. The molecule has 2 rings (SSSR count). The van der Waals surface area contributed by atoms with Crippen molar-refractivity contribution >= 4 is 17.6 Å². The Kier molecular flexibility index (Phi) is 4.81. The van der Waals surface area contributed by atoms with E-state index in [1.807, 2.05) is 6.07 Å². The molecule has 0 aliphatic heterocycles. The van der Waals surface area contributed by atoms with Gasteiger partial charge in [-0.2, -0.15) is 0 Å². The molecule has 2 aromatic rings. The first kappa shape index (κ1) is 14.9. The normalized spacial score (nSPS) is 10.4. The van der Waals surface area contributed by atoms with E-state index in [4.69, 9.17) is 9.15 Å². The van der Waals surface area contributed by atoms with E-state index in [0.29, 0.717) is 23.4 Å². The first-order valence-electron chi connectivity index (χ1n) is 6.79. The molecule has 0 aromatic carbocycles. The Morgan fingerprint density at radius 3 is 2.90 bits per heavy atom. The smallest absolute Gasteiger partial charge is 0.342 e. The van der Waals surface area contributed by atoms with Crippen LogP contribution < -0.4 is 5.32 Å². The summed E-state index contributed by atoms with van der Waals surface area (Å²) >= 11 is 0. The Balaban J connectivity index is 1.99. The van der Waals surface area contributed by atoms with Crippen molar-refractivity contribution < 1.29 is 18.7 Å². The molecule has 0 saturated carbocycles. The highest BCUT2D eigenvalue weighted by molar-refractivity contribution is 6.02. The minimum atomic E-state index is -0.447. The number of nitrogens with one attached hydrogen (secondary N) is 2. The lowest BCUT2D eigenvalue weighted by Crippen LogP contribution is -2.15. The molecule has 6 heteroatoms. The third-order valence-electron chi connectivity index (χ3n) is 3.01. The second-order valence-electron chi connectivity index (χ2n) is 4.55. The first-order chi connectivity index (χ1) is 10.1. The van der Waals surface area contributed by atoms with Gasteiger partial charge in [-0.3, -0.25) is 4.79 Å². The van der Waals surface area contributed by atoms with E-state index in [0.717, 1.165) is 5.76 Å². The van der Waals surface area contributed by atoms with Crippen LogP contribution in [0.2, 0.25) is 0 Å². The third kappa shape index (κ3) is 3.75. The van der Waals surface area contributed by atoms with Gasteiger partial charge in [0.1, 0.15) is 11.3 Å². The standard InChI is InChI=1S/C15H18N2O4/c1-3-20-15(19)14-10(2)16-9-12(14)17-13(18)7-6-11-5-4-8-21-11/h4-5,8-9,16H,3,6-7H2,1-2H3,(H,17,18). The Bertz CT molecular complexity index is 614. The summed E-state index contributed by atoms with van der Waals surface area (Å²) < 4.78 is 10.2. The van der Waals surface area contributed by atoms with E-state index in [1.54, 1.807) is 32.4 Å². The van der Waals surface area contributed by atoms with Gasteiger partial charge in [-0.1, -0.05) is 0 Å². The van der Waals surface area contributed by atoms with Gasteiger partial charge in [0, 0.05) is 24.7 Å². The van der Waals surface area contributed by atoms with Gasteiger partial charge in [-0.15, -0.1) is 0 Å². The Morgan fingerprint density at radius 1 is 1.43 bits per heavy atom. The minimum Gasteiger partial charge on any atom is -0.469 e. The van der Waals surface area contributed by atoms with Crippen molar-refractivity contribution in [1.82, 2.24) is 4.98 Å². The van der Waals surface area contributed by atoms with Crippen molar-refractivity contribution in [2.24, 2.45) is 0 Å². The zero-order valence-electron chi connectivity index (χ0n) is 12.1. The van der Waals surface area contributed by atoms with Crippen molar-refractivity contribution in [3.05, 3.63) is 41.6 Å². The number of aromatic nitrogens is 1. The number of amides is 1. The van der Waals surface area contributed by atoms with Gasteiger partial charge < -0.3 is 19.5 Å². The minimum absolute atomic E-state index is 0.184. The number of aryl methyl sites for hydroxylation is 2. The predicted octanol–water partition coefficient (Wildman–Crippen LogP) is 2.66. The predicted molar refractivity (Wildman–Crippen MR) is 77.1 cm³/mol. The zero-order chi connectivity index (χ0) is 15.2. The Labute approximate surface area is 122 Å². The molecule has 112 valence electrons. The van der Waals surface area contributed by atoms with Crippen molar-refractivity contribution in [2.45, 2.75) is 26.7 Å². The quantitative estimate of drug-likeness (QED) is 0.801. The second kappa shape index (κ2) is 6.78. The summed E-state index contributed by atoms with van der Waals surface area (Å²) in [5, 5.41) is 2.72.